The lowest BCUT2D eigenvalue weighted by Crippen LogP contribution is -2.29. The number of unbranched alkanes of at least 4 members (excludes halogenated alkanes) is 3. The molecule has 0 radical (unpaired) electrons. The van der Waals surface area contributed by atoms with Crippen LogP contribution in [0.2, 0.25) is 0 Å². The van der Waals surface area contributed by atoms with Crippen molar-refractivity contribution in [2.24, 2.45) is 0 Å². The van der Waals surface area contributed by atoms with E-state index >= 15 is 0 Å². The predicted octanol–water partition coefficient (Wildman–Crippen LogP) is 8.94. The van der Waals surface area contributed by atoms with Gasteiger partial charge in [0.05, 0.1) is 5.56 Å². The zero-order valence-corrected chi connectivity index (χ0v) is 22.8. The van der Waals surface area contributed by atoms with Crippen molar-refractivity contribution in [2.45, 2.75) is 51.7 Å². The first-order valence-corrected chi connectivity index (χ1v) is 14.0. The van der Waals surface area contributed by atoms with Gasteiger partial charge in [-0.05, 0) is 63.4 Å². The molecular weight excluding hydrogens is 496 g/mol. The number of benzene rings is 5. The molecule has 0 aromatic heterocycles. The largest absolute Gasteiger partial charge is 0.458 e. The maximum Gasteiger partial charge on any atom is 0.348 e. The quantitative estimate of drug-likeness (QED) is 0.0740. The van der Waals surface area contributed by atoms with Crippen molar-refractivity contribution in [3.63, 3.8) is 0 Å². The van der Waals surface area contributed by atoms with Crippen LogP contribution >= 0.6 is 0 Å². The van der Waals surface area contributed by atoms with E-state index in [9.17, 15) is 9.59 Å². The molecule has 1 atom stereocenters. The van der Waals surface area contributed by atoms with E-state index < -0.39 is 18.0 Å². The number of carbonyl (C=O) groups excluding carboxylic acids is 2. The Morgan fingerprint density at radius 2 is 1.38 bits per heavy atom. The van der Waals surface area contributed by atoms with Crippen LogP contribution < -0.4 is 0 Å². The van der Waals surface area contributed by atoms with Crippen molar-refractivity contribution in [2.75, 3.05) is 0 Å². The number of carbonyl (C=O) groups is 2. The van der Waals surface area contributed by atoms with Gasteiger partial charge in [0.1, 0.15) is 6.61 Å². The van der Waals surface area contributed by atoms with Gasteiger partial charge in [-0.15, -0.1) is 0 Å². The van der Waals surface area contributed by atoms with Gasteiger partial charge in [-0.3, -0.25) is 0 Å². The van der Waals surface area contributed by atoms with Crippen molar-refractivity contribution in [3.05, 3.63) is 120 Å². The fraction of sp³-hybridized carbons (Fsp3) is 0.222. The summed E-state index contributed by atoms with van der Waals surface area (Å²) in [5.41, 5.74) is 1.35. The fourth-order valence-corrected chi connectivity index (χ4v) is 5.06. The molecule has 0 aliphatic rings. The van der Waals surface area contributed by atoms with Crippen LogP contribution in [-0.2, 0) is 20.9 Å². The SMILES string of the molecule is CCCCC/C=C/C[C@@H](OC(=O)c1ccc2ccccc2c1)C(=O)OCc1c2ccccc2cc2ccccc12. The Morgan fingerprint density at radius 1 is 0.725 bits per heavy atom. The van der Waals surface area contributed by atoms with Crippen LogP contribution in [0.4, 0.5) is 0 Å². The van der Waals surface area contributed by atoms with Crippen LogP contribution in [0.3, 0.4) is 0 Å². The summed E-state index contributed by atoms with van der Waals surface area (Å²) in [4.78, 5) is 26.5. The van der Waals surface area contributed by atoms with E-state index in [1.165, 1.54) is 0 Å². The zero-order chi connectivity index (χ0) is 27.7. The number of allylic oxidation sites excluding steroid dienone is 1. The van der Waals surface area contributed by atoms with Gasteiger partial charge in [0.25, 0.3) is 0 Å². The highest BCUT2D eigenvalue weighted by atomic mass is 16.6. The highest BCUT2D eigenvalue weighted by Gasteiger charge is 2.25. The van der Waals surface area contributed by atoms with Gasteiger partial charge in [0, 0.05) is 12.0 Å². The molecule has 202 valence electrons. The molecule has 0 aliphatic heterocycles. The number of fused-ring (bicyclic) bond motifs is 3. The Bertz CT molecular complexity index is 1610. The summed E-state index contributed by atoms with van der Waals surface area (Å²) in [5.74, 6) is -1.09. The first kappa shape index (κ1) is 27.1. The molecule has 0 saturated heterocycles. The normalized spacial score (nSPS) is 12.2. The summed E-state index contributed by atoms with van der Waals surface area (Å²) in [5, 5.41) is 6.22. The number of esters is 2. The second-order valence-electron chi connectivity index (χ2n) is 10.1. The van der Waals surface area contributed by atoms with E-state index in [-0.39, 0.29) is 13.0 Å². The van der Waals surface area contributed by atoms with E-state index in [1.54, 1.807) is 12.1 Å². The molecule has 5 aromatic rings. The summed E-state index contributed by atoms with van der Waals surface area (Å²) >= 11 is 0. The third-order valence-corrected chi connectivity index (χ3v) is 7.23. The minimum absolute atomic E-state index is 0.0882. The standard InChI is InChI=1S/C36H34O4/c1-2-3-4-5-6-7-20-34(40-35(37)30-22-21-26-14-8-9-15-27(26)23-30)36(38)39-25-33-31-18-12-10-16-28(31)24-29-17-11-13-19-32(29)33/h6-19,21-24,34H,2-5,20,25H2,1H3/b7-6+/t34-/m1/s1. The van der Waals surface area contributed by atoms with Gasteiger partial charge in [-0.2, -0.15) is 0 Å². The summed E-state index contributed by atoms with van der Waals surface area (Å²) in [6, 6.07) is 31.6. The molecule has 5 aromatic carbocycles. The van der Waals surface area contributed by atoms with Crippen LogP contribution in [0.15, 0.2) is 109 Å². The Hall–Kier alpha value is -4.44. The van der Waals surface area contributed by atoms with E-state index in [4.69, 9.17) is 9.47 Å². The second kappa shape index (κ2) is 13.1. The summed E-state index contributed by atoms with van der Waals surface area (Å²) in [6.07, 6.45) is 7.52. The molecule has 0 amide bonds. The monoisotopic (exact) mass is 530 g/mol. The first-order chi connectivity index (χ1) is 19.6. The van der Waals surface area contributed by atoms with Crippen LogP contribution in [0, 0.1) is 0 Å². The predicted molar refractivity (Wildman–Crippen MR) is 162 cm³/mol. The molecule has 0 N–H and O–H groups in total. The Morgan fingerprint density at radius 3 is 2.08 bits per heavy atom. The van der Waals surface area contributed by atoms with Crippen LogP contribution in [-0.4, -0.2) is 18.0 Å². The van der Waals surface area contributed by atoms with Crippen LogP contribution in [0.5, 0.6) is 0 Å². The third-order valence-electron chi connectivity index (χ3n) is 7.23. The molecule has 40 heavy (non-hydrogen) atoms. The summed E-state index contributed by atoms with van der Waals surface area (Å²) < 4.78 is 11.6. The van der Waals surface area contributed by atoms with Gasteiger partial charge in [-0.25, -0.2) is 9.59 Å². The van der Waals surface area contributed by atoms with E-state index in [0.717, 1.165) is 63.6 Å². The van der Waals surface area contributed by atoms with E-state index in [2.05, 4.69) is 31.2 Å². The summed E-state index contributed by atoms with van der Waals surface area (Å²) in [6.45, 7) is 2.26. The number of hydrogen-bond donors (Lipinski definition) is 0. The molecule has 0 aliphatic carbocycles. The Kier molecular flexibility index (Phi) is 8.87. The maximum absolute atomic E-state index is 13.4. The lowest BCUT2D eigenvalue weighted by Gasteiger charge is -2.17. The first-order valence-electron chi connectivity index (χ1n) is 14.0. The summed E-state index contributed by atoms with van der Waals surface area (Å²) in [7, 11) is 0. The number of hydrogen-bond acceptors (Lipinski definition) is 4. The van der Waals surface area contributed by atoms with E-state index in [1.807, 2.05) is 72.8 Å². The molecule has 4 heteroatoms. The van der Waals surface area contributed by atoms with Crippen molar-refractivity contribution in [1.29, 1.82) is 0 Å². The molecule has 0 spiro atoms. The van der Waals surface area contributed by atoms with Gasteiger partial charge in [-0.1, -0.05) is 111 Å². The molecule has 0 heterocycles. The lowest BCUT2D eigenvalue weighted by molar-refractivity contribution is -0.155. The van der Waals surface area contributed by atoms with Crippen molar-refractivity contribution in [1.82, 2.24) is 0 Å². The molecule has 0 fully saturated rings. The topological polar surface area (TPSA) is 52.6 Å². The number of rotatable bonds is 11. The minimum Gasteiger partial charge on any atom is -0.458 e. The fourth-order valence-electron chi connectivity index (χ4n) is 5.06. The maximum atomic E-state index is 13.4. The minimum atomic E-state index is -1.04. The average Bonchev–Trinajstić information content (AvgIpc) is 2.99. The van der Waals surface area contributed by atoms with Gasteiger partial charge >= 0.3 is 11.9 Å². The average molecular weight is 531 g/mol. The molecule has 5 rings (SSSR count). The second-order valence-corrected chi connectivity index (χ2v) is 10.1. The third kappa shape index (κ3) is 6.40. The van der Waals surface area contributed by atoms with Crippen LogP contribution in [0.1, 0.15) is 54.9 Å². The zero-order valence-electron chi connectivity index (χ0n) is 22.8. The smallest absolute Gasteiger partial charge is 0.348 e. The van der Waals surface area contributed by atoms with E-state index in [0.29, 0.717) is 5.56 Å². The number of ether oxygens (including phenoxy) is 2. The molecule has 0 unspecified atom stereocenters. The van der Waals surface area contributed by atoms with Crippen LogP contribution in [0.25, 0.3) is 32.3 Å². The van der Waals surface area contributed by atoms with Crippen molar-refractivity contribution < 1.29 is 19.1 Å². The molecule has 0 bridgehead atoms. The van der Waals surface area contributed by atoms with Gasteiger partial charge < -0.3 is 9.47 Å². The van der Waals surface area contributed by atoms with Gasteiger partial charge in [0.15, 0.2) is 0 Å². The molecule has 4 nitrogen and oxygen atoms in total. The molecule has 0 saturated carbocycles. The Balaban J connectivity index is 1.36. The Labute approximate surface area is 235 Å². The highest BCUT2D eigenvalue weighted by Crippen LogP contribution is 2.29. The lowest BCUT2D eigenvalue weighted by atomic mass is 9.97. The highest BCUT2D eigenvalue weighted by molar-refractivity contribution is 6.02. The molecular formula is C36H34O4. The van der Waals surface area contributed by atoms with Crippen molar-refractivity contribution in [3.8, 4) is 0 Å². The van der Waals surface area contributed by atoms with Gasteiger partial charge in [0.2, 0.25) is 6.10 Å². The van der Waals surface area contributed by atoms with Crippen molar-refractivity contribution >= 4 is 44.3 Å².